The Morgan fingerprint density at radius 3 is 2.48 bits per heavy atom. The molecule has 4 rings (SSSR count). The van der Waals surface area contributed by atoms with Crippen LogP contribution in [0.1, 0.15) is 49.3 Å². The number of benzene rings is 2. The summed E-state index contributed by atoms with van der Waals surface area (Å²) in [6, 6.07) is 18.6. The molecule has 2 heterocycles. The van der Waals surface area contributed by atoms with Gasteiger partial charge >= 0.3 is 0 Å². The zero-order valence-electron chi connectivity index (χ0n) is 20.0. The number of hydrogen-bond donors (Lipinski definition) is 1. The van der Waals surface area contributed by atoms with Crippen molar-refractivity contribution in [3.05, 3.63) is 71.3 Å². The maximum absolute atomic E-state index is 13.5. The molecule has 0 saturated carbocycles. The SMILES string of the molecule is Cc1ccc(CCC(=O)[C@@H](C)N2CCC(CCc3ccccc3)N3C[C@H](N)C[C@H]3C2=O)cc1. The Hall–Kier alpha value is -2.50. The molecule has 2 aromatic rings. The van der Waals surface area contributed by atoms with Crippen LogP contribution in [-0.2, 0) is 22.4 Å². The van der Waals surface area contributed by atoms with Gasteiger partial charge in [-0.3, -0.25) is 14.5 Å². The molecule has 2 saturated heterocycles. The highest BCUT2D eigenvalue weighted by atomic mass is 16.2. The van der Waals surface area contributed by atoms with Crippen molar-refractivity contribution in [2.24, 2.45) is 5.73 Å². The molecule has 2 fully saturated rings. The van der Waals surface area contributed by atoms with Crippen LogP contribution < -0.4 is 5.73 Å². The molecule has 4 atom stereocenters. The van der Waals surface area contributed by atoms with E-state index in [4.69, 9.17) is 5.73 Å². The quantitative estimate of drug-likeness (QED) is 0.672. The lowest BCUT2D eigenvalue weighted by Crippen LogP contribution is -2.49. The molecule has 1 unspecified atom stereocenters. The van der Waals surface area contributed by atoms with Gasteiger partial charge in [0.25, 0.3) is 0 Å². The molecule has 1 amide bonds. The normalized spacial score (nSPS) is 24.4. The van der Waals surface area contributed by atoms with Gasteiger partial charge in [0.1, 0.15) is 0 Å². The molecule has 0 aliphatic carbocycles. The summed E-state index contributed by atoms with van der Waals surface area (Å²) in [7, 11) is 0. The highest BCUT2D eigenvalue weighted by Gasteiger charge is 2.44. The fourth-order valence-electron chi connectivity index (χ4n) is 5.37. The minimum absolute atomic E-state index is 0.0191. The maximum Gasteiger partial charge on any atom is 0.240 e. The topological polar surface area (TPSA) is 66.6 Å². The van der Waals surface area contributed by atoms with Crippen LogP contribution in [0.3, 0.4) is 0 Å². The van der Waals surface area contributed by atoms with Crippen LogP contribution in [0.5, 0.6) is 0 Å². The first-order valence-electron chi connectivity index (χ1n) is 12.4. The van der Waals surface area contributed by atoms with Gasteiger partial charge in [-0.25, -0.2) is 0 Å². The molecule has 0 spiro atoms. The zero-order valence-corrected chi connectivity index (χ0v) is 20.0. The molecule has 0 aromatic heterocycles. The lowest BCUT2D eigenvalue weighted by Gasteiger charge is -2.30. The summed E-state index contributed by atoms with van der Waals surface area (Å²) in [6.45, 7) is 5.36. The van der Waals surface area contributed by atoms with Crippen molar-refractivity contribution in [1.29, 1.82) is 0 Å². The molecular formula is C28H37N3O2. The Morgan fingerprint density at radius 2 is 1.76 bits per heavy atom. The highest BCUT2D eigenvalue weighted by molar-refractivity contribution is 5.91. The summed E-state index contributed by atoms with van der Waals surface area (Å²) < 4.78 is 0. The van der Waals surface area contributed by atoms with Crippen LogP contribution in [-0.4, -0.2) is 58.7 Å². The molecule has 0 bridgehead atoms. The second kappa shape index (κ2) is 10.6. The number of ketones is 1. The van der Waals surface area contributed by atoms with Crippen molar-refractivity contribution in [2.75, 3.05) is 13.1 Å². The minimum atomic E-state index is -0.394. The van der Waals surface area contributed by atoms with Crippen molar-refractivity contribution in [2.45, 2.75) is 76.5 Å². The largest absolute Gasteiger partial charge is 0.332 e. The van der Waals surface area contributed by atoms with E-state index in [0.29, 0.717) is 31.8 Å². The van der Waals surface area contributed by atoms with Crippen LogP contribution in [0, 0.1) is 6.92 Å². The summed E-state index contributed by atoms with van der Waals surface area (Å²) >= 11 is 0. The average Bonchev–Trinajstić information content (AvgIpc) is 3.16. The summed E-state index contributed by atoms with van der Waals surface area (Å²) in [6.07, 6.45) is 4.73. The number of carbonyl (C=O) groups excluding carboxylic acids is 2. The number of hydrogen-bond acceptors (Lipinski definition) is 4. The molecule has 0 radical (unpaired) electrons. The van der Waals surface area contributed by atoms with E-state index < -0.39 is 6.04 Å². The second-order valence-electron chi connectivity index (χ2n) is 9.83. The first-order valence-corrected chi connectivity index (χ1v) is 12.4. The van der Waals surface area contributed by atoms with E-state index in [1.807, 2.05) is 17.9 Å². The lowest BCUT2D eigenvalue weighted by molar-refractivity contribution is -0.141. The van der Waals surface area contributed by atoms with Gasteiger partial charge in [-0.15, -0.1) is 0 Å². The summed E-state index contributed by atoms with van der Waals surface area (Å²) in [5.74, 6) is 0.224. The van der Waals surface area contributed by atoms with Crippen LogP contribution in [0.2, 0.25) is 0 Å². The Balaban J connectivity index is 1.41. The number of nitrogens with two attached hydrogens (primary N) is 1. The van der Waals surface area contributed by atoms with Gasteiger partial charge in [0.05, 0.1) is 12.1 Å². The molecule has 2 N–H and O–H groups in total. The van der Waals surface area contributed by atoms with E-state index in [-0.39, 0.29) is 23.8 Å². The molecular weight excluding hydrogens is 410 g/mol. The zero-order chi connectivity index (χ0) is 23.4. The van der Waals surface area contributed by atoms with E-state index in [2.05, 4.69) is 60.4 Å². The van der Waals surface area contributed by atoms with E-state index >= 15 is 0 Å². The maximum atomic E-state index is 13.5. The Morgan fingerprint density at radius 1 is 1.06 bits per heavy atom. The Bertz CT molecular complexity index is 943. The van der Waals surface area contributed by atoms with E-state index in [1.54, 1.807) is 0 Å². The van der Waals surface area contributed by atoms with Gasteiger partial charge in [0.2, 0.25) is 5.91 Å². The molecule has 2 aliphatic heterocycles. The van der Waals surface area contributed by atoms with Gasteiger partial charge in [-0.1, -0.05) is 60.2 Å². The van der Waals surface area contributed by atoms with Gasteiger partial charge in [0, 0.05) is 31.6 Å². The average molecular weight is 448 g/mol. The summed E-state index contributed by atoms with van der Waals surface area (Å²) in [4.78, 5) is 30.8. The van der Waals surface area contributed by atoms with Crippen LogP contribution in [0.25, 0.3) is 0 Å². The molecule has 33 heavy (non-hydrogen) atoms. The third kappa shape index (κ3) is 5.71. The fourth-order valence-corrected chi connectivity index (χ4v) is 5.37. The summed E-state index contributed by atoms with van der Waals surface area (Å²) in [5, 5.41) is 0. The molecule has 2 aromatic carbocycles. The van der Waals surface area contributed by atoms with Crippen molar-refractivity contribution in [3.63, 3.8) is 0 Å². The monoisotopic (exact) mass is 447 g/mol. The first-order chi connectivity index (χ1) is 15.9. The predicted molar refractivity (Wildman–Crippen MR) is 132 cm³/mol. The molecule has 5 nitrogen and oxygen atoms in total. The van der Waals surface area contributed by atoms with E-state index in [9.17, 15) is 9.59 Å². The standard InChI is InChI=1S/C28H37N3O2/c1-20-8-10-23(11-9-20)13-15-27(32)21(2)30-17-16-25(14-12-22-6-4-3-5-7-22)31-19-24(29)18-26(31)28(30)33/h3-11,21,24-26H,12-19,29H2,1-2H3/t21-,24-,25?,26+/m1/s1. The lowest BCUT2D eigenvalue weighted by atomic mass is 10.0. The van der Waals surface area contributed by atoms with Crippen molar-refractivity contribution < 1.29 is 9.59 Å². The number of rotatable bonds is 8. The number of nitrogens with zero attached hydrogens (tertiary/aromatic N) is 2. The summed E-state index contributed by atoms with van der Waals surface area (Å²) in [5.41, 5.74) is 10.0. The molecule has 176 valence electrons. The fraction of sp³-hybridized carbons (Fsp3) is 0.500. The minimum Gasteiger partial charge on any atom is -0.332 e. The Kier molecular flexibility index (Phi) is 7.61. The van der Waals surface area contributed by atoms with Crippen molar-refractivity contribution in [1.82, 2.24) is 9.80 Å². The Labute approximate surface area is 197 Å². The molecule has 5 heteroatoms. The van der Waals surface area contributed by atoms with E-state index in [0.717, 1.165) is 31.4 Å². The first kappa shape index (κ1) is 23.7. The van der Waals surface area contributed by atoms with Crippen molar-refractivity contribution in [3.8, 4) is 0 Å². The van der Waals surface area contributed by atoms with Gasteiger partial charge in [-0.2, -0.15) is 0 Å². The van der Waals surface area contributed by atoms with Gasteiger partial charge < -0.3 is 10.6 Å². The van der Waals surface area contributed by atoms with E-state index in [1.165, 1.54) is 11.1 Å². The van der Waals surface area contributed by atoms with Crippen LogP contribution in [0.4, 0.5) is 0 Å². The van der Waals surface area contributed by atoms with Crippen LogP contribution >= 0.6 is 0 Å². The third-order valence-corrected chi connectivity index (χ3v) is 7.44. The number of aryl methyl sites for hydroxylation is 3. The highest BCUT2D eigenvalue weighted by Crippen LogP contribution is 2.29. The number of Topliss-reactive ketones (excluding diaryl/α,β-unsaturated/α-hetero) is 1. The number of carbonyl (C=O) groups is 2. The molecule has 2 aliphatic rings. The number of fused-ring (bicyclic) bond motifs is 1. The second-order valence-corrected chi connectivity index (χ2v) is 9.83. The third-order valence-electron chi connectivity index (χ3n) is 7.44. The predicted octanol–water partition coefficient (Wildman–Crippen LogP) is 3.52. The van der Waals surface area contributed by atoms with Gasteiger partial charge in [0.15, 0.2) is 5.78 Å². The van der Waals surface area contributed by atoms with Crippen molar-refractivity contribution >= 4 is 11.7 Å². The van der Waals surface area contributed by atoms with Gasteiger partial charge in [-0.05, 0) is 57.1 Å². The number of amides is 1. The smallest absolute Gasteiger partial charge is 0.240 e. The van der Waals surface area contributed by atoms with Crippen LogP contribution in [0.15, 0.2) is 54.6 Å².